The number of nitrogens with one attached hydrogen (secondary N) is 2. The first kappa shape index (κ1) is 21.5. The van der Waals surface area contributed by atoms with Crippen molar-refractivity contribution in [2.45, 2.75) is 88.8 Å². The van der Waals surface area contributed by atoms with Gasteiger partial charge in [0, 0.05) is 17.3 Å². The van der Waals surface area contributed by atoms with Gasteiger partial charge in [0.15, 0.2) is 0 Å². The highest BCUT2D eigenvalue weighted by Crippen LogP contribution is 2.56. The molecule has 5 aliphatic rings. The molecule has 7 rings (SSSR count). The number of hydrogen-bond donors (Lipinski definition) is 2. The molecule has 1 aliphatic heterocycles. The molecule has 176 valence electrons. The Hall–Kier alpha value is -2.00. The van der Waals surface area contributed by atoms with Gasteiger partial charge in [-0.05, 0) is 110 Å². The summed E-state index contributed by atoms with van der Waals surface area (Å²) in [4.78, 5) is 0. The summed E-state index contributed by atoms with van der Waals surface area (Å²) in [5.74, 6) is 3.90. The molecule has 1 heterocycles. The predicted octanol–water partition coefficient (Wildman–Crippen LogP) is 6.87. The molecule has 0 radical (unpaired) electrons. The van der Waals surface area contributed by atoms with Crippen LogP contribution in [-0.2, 0) is 6.42 Å². The standard InChI is InChI=1S/C30H40N2O/c1-3-4-5-26-15-24-16-27(33-2)10-11-28(24)29(31-26)23-6-8-25(9-7-23)32-30-17-20-12-21(18-30)14-22(13-20)19-30/h6-11,16,20-22,26,29,31-32H,3-5,12-15,17-19H2,1-2H3/t20?,21?,22?,26-,29-,30?/m0/s1. The molecule has 4 saturated carbocycles. The minimum atomic E-state index is 0.259. The van der Waals surface area contributed by atoms with E-state index in [4.69, 9.17) is 4.74 Å². The van der Waals surface area contributed by atoms with Gasteiger partial charge in [-0.3, -0.25) is 0 Å². The molecule has 4 aliphatic carbocycles. The van der Waals surface area contributed by atoms with Crippen LogP contribution in [0.1, 0.15) is 87.4 Å². The van der Waals surface area contributed by atoms with Crippen LogP contribution in [0, 0.1) is 17.8 Å². The highest BCUT2D eigenvalue weighted by atomic mass is 16.5. The number of rotatable bonds is 7. The van der Waals surface area contributed by atoms with Gasteiger partial charge in [0.2, 0.25) is 0 Å². The van der Waals surface area contributed by atoms with Gasteiger partial charge in [-0.2, -0.15) is 0 Å². The van der Waals surface area contributed by atoms with Crippen LogP contribution >= 0.6 is 0 Å². The van der Waals surface area contributed by atoms with Crippen molar-refractivity contribution in [2.75, 3.05) is 12.4 Å². The lowest BCUT2D eigenvalue weighted by molar-refractivity contribution is 0.0107. The van der Waals surface area contributed by atoms with Crippen molar-refractivity contribution in [1.82, 2.24) is 5.32 Å². The van der Waals surface area contributed by atoms with Crippen molar-refractivity contribution < 1.29 is 4.74 Å². The van der Waals surface area contributed by atoms with Crippen molar-refractivity contribution in [3.05, 3.63) is 59.2 Å². The van der Waals surface area contributed by atoms with Gasteiger partial charge in [0.25, 0.3) is 0 Å². The van der Waals surface area contributed by atoms with Crippen molar-refractivity contribution >= 4 is 5.69 Å². The summed E-state index contributed by atoms with van der Waals surface area (Å²) in [6.45, 7) is 2.28. The van der Waals surface area contributed by atoms with Crippen LogP contribution < -0.4 is 15.4 Å². The van der Waals surface area contributed by atoms with E-state index in [0.717, 1.165) is 29.9 Å². The van der Waals surface area contributed by atoms with Gasteiger partial charge < -0.3 is 15.4 Å². The van der Waals surface area contributed by atoms with Crippen molar-refractivity contribution in [3.8, 4) is 5.75 Å². The van der Waals surface area contributed by atoms with E-state index in [0.29, 0.717) is 11.6 Å². The van der Waals surface area contributed by atoms with Gasteiger partial charge in [-0.25, -0.2) is 0 Å². The molecular weight excluding hydrogens is 404 g/mol. The second-order valence-electron chi connectivity index (χ2n) is 11.7. The third kappa shape index (κ3) is 4.18. The van der Waals surface area contributed by atoms with Crippen molar-refractivity contribution in [1.29, 1.82) is 0 Å². The smallest absolute Gasteiger partial charge is 0.119 e. The van der Waals surface area contributed by atoms with Gasteiger partial charge in [0.05, 0.1) is 13.2 Å². The van der Waals surface area contributed by atoms with E-state index in [1.54, 1.807) is 7.11 Å². The number of unbranched alkanes of at least 4 members (excludes halogenated alkanes) is 1. The number of benzene rings is 2. The topological polar surface area (TPSA) is 33.3 Å². The summed E-state index contributed by atoms with van der Waals surface area (Å²) in [5, 5.41) is 8.03. The molecule has 3 nitrogen and oxygen atoms in total. The maximum atomic E-state index is 5.54. The average molecular weight is 445 g/mol. The predicted molar refractivity (Wildman–Crippen MR) is 136 cm³/mol. The van der Waals surface area contributed by atoms with Gasteiger partial charge in [-0.15, -0.1) is 0 Å². The molecule has 0 unspecified atom stereocenters. The zero-order valence-corrected chi connectivity index (χ0v) is 20.4. The van der Waals surface area contributed by atoms with E-state index in [1.807, 2.05) is 0 Å². The Bertz CT molecular complexity index is 946. The number of anilines is 1. The quantitative estimate of drug-likeness (QED) is 0.489. The fraction of sp³-hybridized carbons (Fsp3) is 0.600. The molecule has 2 aromatic carbocycles. The first-order chi connectivity index (χ1) is 16.1. The van der Waals surface area contributed by atoms with Crippen LogP contribution in [0.25, 0.3) is 0 Å². The fourth-order valence-electron chi connectivity index (χ4n) is 8.06. The normalized spacial score (nSPS) is 34.2. The maximum absolute atomic E-state index is 5.54. The van der Waals surface area contributed by atoms with Crippen LogP contribution in [0.2, 0.25) is 0 Å². The van der Waals surface area contributed by atoms with Crippen LogP contribution in [0.3, 0.4) is 0 Å². The lowest BCUT2D eigenvalue weighted by Crippen LogP contribution is -2.54. The Balaban J connectivity index is 1.23. The van der Waals surface area contributed by atoms with E-state index < -0.39 is 0 Å². The second kappa shape index (κ2) is 8.65. The minimum Gasteiger partial charge on any atom is -0.497 e. The molecule has 2 aromatic rings. The lowest BCUT2D eigenvalue weighted by atomic mass is 9.53. The molecule has 0 aromatic heterocycles. The molecule has 4 bridgehead atoms. The number of fused-ring (bicyclic) bond motifs is 1. The third-order valence-corrected chi connectivity index (χ3v) is 9.13. The average Bonchev–Trinajstić information content (AvgIpc) is 2.81. The zero-order chi connectivity index (χ0) is 22.4. The molecule has 0 amide bonds. The Labute approximate surface area is 199 Å². The van der Waals surface area contributed by atoms with E-state index in [1.165, 1.54) is 80.2 Å². The molecule has 2 N–H and O–H groups in total. The van der Waals surface area contributed by atoms with Crippen LogP contribution in [0.4, 0.5) is 5.69 Å². The molecule has 2 atom stereocenters. The Morgan fingerprint density at radius 3 is 2.30 bits per heavy atom. The first-order valence-electron chi connectivity index (χ1n) is 13.4. The number of hydrogen-bond acceptors (Lipinski definition) is 3. The van der Waals surface area contributed by atoms with Crippen molar-refractivity contribution in [2.24, 2.45) is 17.8 Å². The third-order valence-electron chi connectivity index (χ3n) is 9.13. The summed E-state index contributed by atoms with van der Waals surface area (Å²) >= 11 is 0. The van der Waals surface area contributed by atoms with Gasteiger partial charge in [0.1, 0.15) is 5.75 Å². The Morgan fingerprint density at radius 1 is 0.970 bits per heavy atom. The highest BCUT2D eigenvalue weighted by Gasteiger charge is 2.50. The van der Waals surface area contributed by atoms with E-state index >= 15 is 0 Å². The molecule has 0 saturated heterocycles. The molecule has 4 fully saturated rings. The van der Waals surface area contributed by atoms with E-state index in [2.05, 4.69) is 60.0 Å². The summed E-state index contributed by atoms with van der Waals surface area (Å²) in [7, 11) is 1.77. The molecule has 3 heteroatoms. The molecule has 0 spiro atoms. The molecule has 33 heavy (non-hydrogen) atoms. The van der Waals surface area contributed by atoms with Gasteiger partial charge >= 0.3 is 0 Å². The second-order valence-corrected chi connectivity index (χ2v) is 11.7. The summed E-state index contributed by atoms with van der Waals surface area (Å²) < 4.78 is 5.54. The fourth-order valence-corrected chi connectivity index (χ4v) is 8.06. The minimum absolute atomic E-state index is 0.259. The van der Waals surface area contributed by atoms with E-state index in [-0.39, 0.29) is 6.04 Å². The van der Waals surface area contributed by atoms with Crippen LogP contribution in [0.5, 0.6) is 5.75 Å². The Kier molecular flexibility index (Phi) is 5.64. The van der Waals surface area contributed by atoms with Crippen LogP contribution in [-0.4, -0.2) is 18.7 Å². The van der Waals surface area contributed by atoms with E-state index in [9.17, 15) is 0 Å². The lowest BCUT2D eigenvalue weighted by Gasteiger charge is -2.57. The molecular formula is C30H40N2O. The maximum Gasteiger partial charge on any atom is 0.119 e. The SMILES string of the molecule is CCCC[C@H]1Cc2cc(OC)ccc2[C@H](c2ccc(NC34CC5CC(CC(C5)C3)C4)cc2)N1. The summed E-state index contributed by atoms with van der Waals surface area (Å²) in [5.41, 5.74) is 5.90. The Morgan fingerprint density at radius 2 is 1.67 bits per heavy atom. The number of methoxy groups -OCH3 is 1. The summed E-state index contributed by atoms with van der Waals surface area (Å²) in [6.07, 6.45) is 13.5. The summed E-state index contributed by atoms with van der Waals surface area (Å²) in [6, 6.07) is 16.8. The van der Waals surface area contributed by atoms with Crippen molar-refractivity contribution in [3.63, 3.8) is 0 Å². The number of ether oxygens (including phenoxy) is 1. The van der Waals surface area contributed by atoms with Crippen LogP contribution in [0.15, 0.2) is 42.5 Å². The van der Waals surface area contributed by atoms with Gasteiger partial charge in [-0.1, -0.05) is 38.0 Å². The zero-order valence-electron chi connectivity index (χ0n) is 20.4. The largest absolute Gasteiger partial charge is 0.497 e. The highest BCUT2D eigenvalue weighted by molar-refractivity contribution is 5.51. The first-order valence-corrected chi connectivity index (χ1v) is 13.4. The monoisotopic (exact) mass is 444 g/mol.